The maximum absolute atomic E-state index is 10.6. The second-order valence-corrected chi connectivity index (χ2v) is 7.51. The van der Waals surface area contributed by atoms with E-state index in [1.54, 1.807) is 0 Å². The van der Waals surface area contributed by atoms with E-state index in [0.717, 1.165) is 24.9 Å². The van der Waals surface area contributed by atoms with Crippen LogP contribution in [-0.4, -0.2) is 17.3 Å². The van der Waals surface area contributed by atoms with Gasteiger partial charge >= 0.3 is 0 Å². The number of fused-ring (bicyclic) bond motifs is 2. The fourth-order valence-electron chi connectivity index (χ4n) is 3.82. The number of hydrogen-bond acceptors (Lipinski definition) is 3. The van der Waals surface area contributed by atoms with E-state index in [9.17, 15) is 5.11 Å². The number of rotatable bonds is 1. The molecular formula is C20H23NO2. The van der Waals surface area contributed by atoms with Gasteiger partial charge in [0.2, 0.25) is 0 Å². The van der Waals surface area contributed by atoms with Crippen LogP contribution in [0.25, 0.3) is 11.1 Å². The Bertz CT molecular complexity index is 774. The van der Waals surface area contributed by atoms with E-state index in [1.807, 2.05) is 26.8 Å². The van der Waals surface area contributed by atoms with Crippen molar-refractivity contribution >= 4 is 0 Å². The third-order valence-corrected chi connectivity index (χ3v) is 4.64. The van der Waals surface area contributed by atoms with Crippen molar-refractivity contribution in [2.75, 3.05) is 6.54 Å². The smallest absolute Gasteiger partial charge is 0.169 e. The van der Waals surface area contributed by atoms with Crippen molar-refractivity contribution in [3.8, 4) is 22.6 Å². The average molecular weight is 309 g/mol. The van der Waals surface area contributed by atoms with E-state index in [0.29, 0.717) is 11.8 Å². The number of hydrogen-bond donors (Lipinski definition) is 2. The normalized spacial score (nSPS) is 19.0. The van der Waals surface area contributed by atoms with Crippen molar-refractivity contribution in [2.24, 2.45) is 0 Å². The quantitative estimate of drug-likeness (QED) is 0.837. The summed E-state index contributed by atoms with van der Waals surface area (Å²) in [7, 11) is 0. The highest BCUT2D eigenvalue weighted by Crippen LogP contribution is 2.51. The van der Waals surface area contributed by atoms with Crippen molar-refractivity contribution in [1.29, 1.82) is 0 Å². The third-order valence-electron chi connectivity index (χ3n) is 4.64. The van der Waals surface area contributed by atoms with Crippen LogP contribution < -0.4 is 10.1 Å². The van der Waals surface area contributed by atoms with Gasteiger partial charge in [0.1, 0.15) is 5.60 Å². The van der Waals surface area contributed by atoms with Crippen molar-refractivity contribution in [3.63, 3.8) is 0 Å². The van der Waals surface area contributed by atoms with Gasteiger partial charge in [-0.2, -0.15) is 0 Å². The largest absolute Gasteiger partial charge is 0.504 e. The number of nitrogens with one attached hydrogen (secondary N) is 1. The highest BCUT2D eigenvalue weighted by Gasteiger charge is 2.34. The van der Waals surface area contributed by atoms with Crippen LogP contribution in [0.3, 0.4) is 0 Å². The summed E-state index contributed by atoms with van der Waals surface area (Å²) < 4.78 is 6.18. The maximum atomic E-state index is 10.6. The molecule has 2 aliphatic rings. The Morgan fingerprint density at radius 3 is 2.74 bits per heavy atom. The Morgan fingerprint density at radius 2 is 1.96 bits per heavy atom. The van der Waals surface area contributed by atoms with Crippen molar-refractivity contribution < 1.29 is 9.84 Å². The second-order valence-electron chi connectivity index (χ2n) is 7.51. The second kappa shape index (κ2) is 5.00. The van der Waals surface area contributed by atoms with Gasteiger partial charge in [-0.3, -0.25) is 0 Å². The van der Waals surface area contributed by atoms with Crippen LogP contribution >= 0.6 is 0 Å². The highest BCUT2D eigenvalue weighted by atomic mass is 16.5. The zero-order valence-electron chi connectivity index (χ0n) is 13.9. The van der Waals surface area contributed by atoms with E-state index < -0.39 is 0 Å². The minimum atomic E-state index is -0.355. The van der Waals surface area contributed by atoms with Crippen LogP contribution in [0.4, 0.5) is 0 Å². The molecule has 0 unspecified atom stereocenters. The van der Waals surface area contributed by atoms with Gasteiger partial charge in [-0.25, -0.2) is 0 Å². The van der Waals surface area contributed by atoms with Crippen LogP contribution in [0.1, 0.15) is 43.5 Å². The average Bonchev–Trinajstić information content (AvgIpc) is 2.49. The monoisotopic (exact) mass is 309 g/mol. The van der Waals surface area contributed by atoms with Crippen LogP contribution in [0, 0.1) is 0 Å². The molecular weight excluding hydrogens is 286 g/mol. The van der Waals surface area contributed by atoms with Crippen molar-refractivity contribution in [1.82, 2.24) is 5.32 Å². The van der Waals surface area contributed by atoms with E-state index in [4.69, 9.17) is 4.74 Å². The van der Waals surface area contributed by atoms with Gasteiger partial charge < -0.3 is 15.2 Å². The Kier molecular flexibility index (Phi) is 3.17. The SMILES string of the molecule is CC(C)(C)Oc1c(O)cc2c3c1-c1ccccc1C[C@H]3NCC2. The molecule has 0 amide bonds. The summed E-state index contributed by atoms with van der Waals surface area (Å²) in [6, 6.07) is 10.7. The van der Waals surface area contributed by atoms with Gasteiger partial charge in [-0.15, -0.1) is 0 Å². The number of phenols is 1. The topological polar surface area (TPSA) is 41.5 Å². The predicted octanol–water partition coefficient (Wildman–Crippen LogP) is 3.98. The lowest BCUT2D eigenvalue weighted by molar-refractivity contribution is 0.126. The first kappa shape index (κ1) is 14.6. The molecule has 0 spiro atoms. The van der Waals surface area contributed by atoms with E-state index in [2.05, 4.69) is 29.6 Å². The highest BCUT2D eigenvalue weighted by molar-refractivity contribution is 5.83. The first-order valence-corrected chi connectivity index (χ1v) is 8.33. The summed E-state index contributed by atoms with van der Waals surface area (Å²) >= 11 is 0. The molecule has 0 bridgehead atoms. The molecule has 120 valence electrons. The molecule has 0 saturated carbocycles. The summed E-state index contributed by atoms with van der Waals surface area (Å²) in [5.74, 6) is 0.878. The van der Waals surface area contributed by atoms with Gasteiger partial charge in [0.15, 0.2) is 11.5 Å². The van der Waals surface area contributed by atoms with Gasteiger partial charge in [-0.1, -0.05) is 24.3 Å². The Balaban J connectivity index is 2.03. The number of aromatic hydroxyl groups is 1. The van der Waals surface area contributed by atoms with Crippen LogP contribution in [0.15, 0.2) is 30.3 Å². The lowest BCUT2D eigenvalue weighted by Crippen LogP contribution is -2.34. The fourth-order valence-corrected chi connectivity index (χ4v) is 3.82. The molecule has 2 aromatic carbocycles. The molecule has 3 heteroatoms. The molecule has 23 heavy (non-hydrogen) atoms. The minimum Gasteiger partial charge on any atom is -0.504 e. The van der Waals surface area contributed by atoms with E-state index in [-0.39, 0.29) is 11.4 Å². The molecule has 1 aliphatic heterocycles. The summed E-state index contributed by atoms with van der Waals surface area (Å²) in [5, 5.41) is 14.3. The number of phenolic OH excluding ortho intramolecular Hbond substituents is 1. The first-order chi connectivity index (χ1) is 10.9. The van der Waals surface area contributed by atoms with Gasteiger partial charge in [0, 0.05) is 11.6 Å². The standard InChI is InChI=1S/C20H23NO2/c1-20(2,3)23-19-16(22)11-13-8-9-21-15-10-12-6-4-5-7-14(12)18(19)17(13)15/h4-7,11,15,21-22H,8-10H2,1-3H3/t15-/m1/s1. The molecule has 0 fully saturated rings. The van der Waals surface area contributed by atoms with Gasteiger partial charge in [0.25, 0.3) is 0 Å². The summed E-state index contributed by atoms with van der Waals surface area (Å²) in [6.07, 6.45) is 1.94. The lowest BCUT2D eigenvalue weighted by atomic mass is 9.77. The third kappa shape index (κ3) is 2.40. The fraction of sp³-hybridized carbons (Fsp3) is 0.400. The molecule has 4 rings (SSSR count). The summed E-state index contributed by atoms with van der Waals surface area (Å²) in [5.41, 5.74) is 5.79. The van der Waals surface area contributed by atoms with Gasteiger partial charge in [0.05, 0.1) is 0 Å². The maximum Gasteiger partial charge on any atom is 0.169 e. The molecule has 0 aromatic heterocycles. The molecule has 0 radical (unpaired) electrons. The van der Waals surface area contributed by atoms with Crippen LogP contribution in [0.5, 0.6) is 11.5 Å². The van der Waals surface area contributed by atoms with Crippen LogP contribution in [-0.2, 0) is 12.8 Å². The van der Waals surface area contributed by atoms with E-state index >= 15 is 0 Å². The van der Waals surface area contributed by atoms with Crippen molar-refractivity contribution in [3.05, 3.63) is 47.0 Å². The molecule has 1 atom stereocenters. The summed E-state index contributed by atoms with van der Waals surface area (Å²) in [4.78, 5) is 0. The lowest BCUT2D eigenvalue weighted by Gasteiger charge is -2.36. The number of ether oxygens (including phenoxy) is 1. The van der Waals surface area contributed by atoms with Crippen LogP contribution in [0.2, 0.25) is 0 Å². The predicted molar refractivity (Wildman–Crippen MR) is 92.1 cm³/mol. The summed E-state index contributed by atoms with van der Waals surface area (Å²) in [6.45, 7) is 7.01. The Labute approximate surface area is 137 Å². The first-order valence-electron chi connectivity index (χ1n) is 8.33. The van der Waals surface area contributed by atoms with Gasteiger partial charge in [-0.05, 0) is 68.5 Å². The zero-order chi connectivity index (χ0) is 16.2. The van der Waals surface area contributed by atoms with E-state index in [1.165, 1.54) is 22.3 Å². The molecule has 2 aromatic rings. The molecule has 2 N–H and O–H groups in total. The Hall–Kier alpha value is -2.00. The zero-order valence-corrected chi connectivity index (χ0v) is 13.9. The molecule has 3 nitrogen and oxygen atoms in total. The number of benzene rings is 2. The van der Waals surface area contributed by atoms with Crippen molar-refractivity contribution in [2.45, 2.75) is 45.3 Å². The molecule has 0 saturated heterocycles. The Morgan fingerprint density at radius 1 is 1.17 bits per heavy atom. The minimum absolute atomic E-state index is 0.256. The molecule has 1 aliphatic carbocycles. The molecule has 1 heterocycles.